The Morgan fingerprint density at radius 2 is 1.74 bits per heavy atom. The summed E-state index contributed by atoms with van der Waals surface area (Å²) < 4.78 is 5.60. The van der Waals surface area contributed by atoms with E-state index in [4.69, 9.17) is 4.74 Å². The molecule has 108 valence electrons. The highest BCUT2D eigenvalue weighted by Crippen LogP contribution is 2.13. The standard InChI is InChI=1S/C17H29NO/c1-5-16-6-8-17(9-7-16)15(4)18-11-13-19-12-10-14(2)3/h6-9,14-15,18H,5,10-13H2,1-4H3. The maximum Gasteiger partial charge on any atom is 0.0591 e. The number of benzene rings is 1. The Kier molecular flexibility index (Phi) is 7.76. The van der Waals surface area contributed by atoms with Crippen molar-refractivity contribution in [2.24, 2.45) is 5.92 Å². The van der Waals surface area contributed by atoms with E-state index in [-0.39, 0.29) is 0 Å². The summed E-state index contributed by atoms with van der Waals surface area (Å²) in [5.41, 5.74) is 2.74. The van der Waals surface area contributed by atoms with Crippen molar-refractivity contribution >= 4 is 0 Å². The van der Waals surface area contributed by atoms with Crippen LogP contribution in [-0.2, 0) is 11.2 Å². The van der Waals surface area contributed by atoms with Crippen molar-refractivity contribution < 1.29 is 4.74 Å². The summed E-state index contributed by atoms with van der Waals surface area (Å²) in [5, 5.41) is 3.50. The van der Waals surface area contributed by atoms with E-state index < -0.39 is 0 Å². The Bertz CT molecular complexity index is 332. The van der Waals surface area contributed by atoms with Crippen molar-refractivity contribution in [1.82, 2.24) is 5.32 Å². The summed E-state index contributed by atoms with van der Waals surface area (Å²) in [4.78, 5) is 0. The maximum atomic E-state index is 5.60. The van der Waals surface area contributed by atoms with Gasteiger partial charge in [0.2, 0.25) is 0 Å². The zero-order chi connectivity index (χ0) is 14.1. The molecule has 1 aromatic carbocycles. The second-order valence-electron chi connectivity index (χ2n) is 5.57. The molecular weight excluding hydrogens is 234 g/mol. The van der Waals surface area contributed by atoms with Crippen LogP contribution >= 0.6 is 0 Å². The highest BCUT2D eigenvalue weighted by molar-refractivity contribution is 5.24. The molecule has 1 unspecified atom stereocenters. The molecule has 0 bridgehead atoms. The average Bonchev–Trinajstić information content (AvgIpc) is 2.42. The molecule has 0 aliphatic rings. The lowest BCUT2D eigenvalue weighted by molar-refractivity contribution is 0.123. The fourth-order valence-corrected chi connectivity index (χ4v) is 1.93. The summed E-state index contributed by atoms with van der Waals surface area (Å²) in [7, 11) is 0. The van der Waals surface area contributed by atoms with Gasteiger partial charge in [-0.3, -0.25) is 0 Å². The predicted molar refractivity (Wildman–Crippen MR) is 82.5 cm³/mol. The summed E-state index contributed by atoms with van der Waals surface area (Å²) >= 11 is 0. The minimum absolute atomic E-state index is 0.389. The van der Waals surface area contributed by atoms with Crippen LogP contribution in [0.4, 0.5) is 0 Å². The van der Waals surface area contributed by atoms with Gasteiger partial charge in [0.15, 0.2) is 0 Å². The molecule has 2 nitrogen and oxygen atoms in total. The van der Waals surface area contributed by atoms with Crippen molar-refractivity contribution in [2.75, 3.05) is 19.8 Å². The van der Waals surface area contributed by atoms with Crippen LogP contribution in [-0.4, -0.2) is 19.8 Å². The third-order valence-corrected chi connectivity index (χ3v) is 3.42. The second-order valence-corrected chi connectivity index (χ2v) is 5.57. The number of ether oxygens (including phenoxy) is 1. The Balaban J connectivity index is 2.17. The van der Waals surface area contributed by atoms with Gasteiger partial charge in [0.25, 0.3) is 0 Å². The third-order valence-electron chi connectivity index (χ3n) is 3.42. The van der Waals surface area contributed by atoms with Gasteiger partial charge in [0.05, 0.1) is 6.61 Å². The fraction of sp³-hybridized carbons (Fsp3) is 0.647. The molecule has 0 heterocycles. The highest BCUT2D eigenvalue weighted by Gasteiger charge is 2.04. The van der Waals surface area contributed by atoms with E-state index in [2.05, 4.69) is 57.3 Å². The molecule has 0 amide bonds. The van der Waals surface area contributed by atoms with Gasteiger partial charge in [-0.1, -0.05) is 45.0 Å². The first kappa shape index (κ1) is 16.2. The van der Waals surface area contributed by atoms with Crippen LogP contribution in [0, 0.1) is 5.92 Å². The Morgan fingerprint density at radius 1 is 1.05 bits per heavy atom. The number of nitrogens with one attached hydrogen (secondary N) is 1. The Labute approximate surface area is 118 Å². The van der Waals surface area contributed by atoms with Crippen LogP contribution in [0.3, 0.4) is 0 Å². The molecule has 19 heavy (non-hydrogen) atoms. The molecule has 1 atom stereocenters. The van der Waals surface area contributed by atoms with Crippen LogP contribution < -0.4 is 5.32 Å². The van der Waals surface area contributed by atoms with Crippen LogP contribution in [0.25, 0.3) is 0 Å². The van der Waals surface area contributed by atoms with Gasteiger partial charge in [0, 0.05) is 19.2 Å². The lowest BCUT2D eigenvalue weighted by Crippen LogP contribution is -2.23. The molecular formula is C17H29NO. The third kappa shape index (κ3) is 6.74. The summed E-state index contributed by atoms with van der Waals surface area (Å²) in [5.74, 6) is 0.726. The van der Waals surface area contributed by atoms with Crippen LogP contribution in [0.15, 0.2) is 24.3 Å². The molecule has 0 aromatic heterocycles. The zero-order valence-corrected chi connectivity index (χ0v) is 12.9. The molecule has 1 N–H and O–H groups in total. The number of rotatable bonds is 9. The van der Waals surface area contributed by atoms with Gasteiger partial charge in [0.1, 0.15) is 0 Å². The number of aryl methyl sites for hydroxylation is 1. The topological polar surface area (TPSA) is 21.3 Å². The van der Waals surface area contributed by atoms with Gasteiger partial charge in [-0.2, -0.15) is 0 Å². The highest BCUT2D eigenvalue weighted by atomic mass is 16.5. The largest absolute Gasteiger partial charge is 0.380 e. The molecule has 0 fully saturated rings. The van der Waals surface area contributed by atoms with Crippen LogP contribution in [0.5, 0.6) is 0 Å². The van der Waals surface area contributed by atoms with Crippen LogP contribution in [0.2, 0.25) is 0 Å². The van der Waals surface area contributed by atoms with Crippen molar-refractivity contribution in [3.63, 3.8) is 0 Å². The summed E-state index contributed by atoms with van der Waals surface area (Å²) in [6.07, 6.45) is 2.25. The SMILES string of the molecule is CCc1ccc(C(C)NCCOCCC(C)C)cc1. The van der Waals surface area contributed by atoms with Gasteiger partial charge in [-0.15, -0.1) is 0 Å². The normalized spacial score (nSPS) is 12.9. The van der Waals surface area contributed by atoms with Crippen LogP contribution in [0.1, 0.15) is 51.3 Å². The van der Waals surface area contributed by atoms with E-state index in [0.29, 0.717) is 6.04 Å². The molecule has 0 aliphatic carbocycles. The quantitative estimate of drug-likeness (QED) is 0.681. The smallest absolute Gasteiger partial charge is 0.0591 e. The minimum atomic E-state index is 0.389. The van der Waals surface area contributed by atoms with Gasteiger partial charge in [-0.05, 0) is 36.8 Å². The molecule has 1 aromatic rings. The van der Waals surface area contributed by atoms with E-state index in [0.717, 1.165) is 38.5 Å². The van der Waals surface area contributed by atoms with E-state index in [9.17, 15) is 0 Å². The van der Waals surface area contributed by atoms with Gasteiger partial charge >= 0.3 is 0 Å². The fourth-order valence-electron chi connectivity index (χ4n) is 1.93. The van der Waals surface area contributed by atoms with Gasteiger partial charge in [-0.25, -0.2) is 0 Å². The Morgan fingerprint density at radius 3 is 2.32 bits per heavy atom. The van der Waals surface area contributed by atoms with E-state index in [1.165, 1.54) is 11.1 Å². The van der Waals surface area contributed by atoms with Crippen molar-refractivity contribution in [1.29, 1.82) is 0 Å². The summed E-state index contributed by atoms with van der Waals surface area (Å²) in [6.45, 7) is 11.4. The van der Waals surface area contributed by atoms with E-state index in [1.54, 1.807) is 0 Å². The average molecular weight is 263 g/mol. The molecule has 0 spiro atoms. The number of hydrogen-bond donors (Lipinski definition) is 1. The van der Waals surface area contributed by atoms with Gasteiger partial charge < -0.3 is 10.1 Å². The minimum Gasteiger partial charge on any atom is -0.380 e. The maximum absolute atomic E-state index is 5.60. The van der Waals surface area contributed by atoms with Crippen molar-refractivity contribution in [3.05, 3.63) is 35.4 Å². The molecule has 1 rings (SSSR count). The molecule has 0 radical (unpaired) electrons. The molecule has 0 saturated carbocycles. The monoisotopic (exact) mass is 263 g/mol. The molecule has 0 aliphatic heterocycles. The van der Waals surface area contributed by atoms with Crippen molar-refractivity contribution in [2.45, 2.75) is 46.6 Å². The van der Waals surface area contributed by atoms with E-state index >= 15 is 0 Å². The first-order chi connectivity index (χ1) is 9.13. The first-order valence-corrected chi connectivity index (χ1v) is 7.53. The molecule has 0 saturated heterocycles. The van der Waals surface area contributed by atoms with E-state index in [1.807, 2.05) is 0 Å². The van der Waals surface area contributed by atoms with Crippen molar-refractivity contribution in [3.8, 4) is 0 Å². The zero-order valence-electron chi connectivity index (χ0n) is 12.9. The first-order valence-electron chi connectivity index (χ1n) is 7.53. The second kappa shape index (κ2) is 9.11. The lowest BCUT2D eigenvalue weighted by Gasteiger charge is -2.15. The summed E-state index contributed by atoms with van der Waals surface area (Å²) in [6, 6.07) is 9.26. The predicted octanol–water partition coefficient (Wildman–Crippen LogP) is 3.96. The lowest BCUT2D eigenvalue weighted by atomic mass is 10.1. The number of hydrogen-bond acceptors (Lipinski definition) is 2. The molecule has 2 heteroatoms. The Hall–Kier alpha value is -0.860.